The maximum atomic E-state index is 13.7. The summed E-state index contributed by atoms with van der Waals surface area (Å²) in [5.41, 5.74) is 8.90. The van der Waals surface area contributed by atoms with Gasteiger partial charge in [0.2, 0.25) is 5.88 Å². The van der Waals surface area contributed by atoms with E-state index in [1.807, 2.05) is 37.3 Å². The molecule has 0 unspecified atom stereocenters. The number of nitrogens with two attached hydrogens (primary N) is 1. The van der Waals surface area contributed by atoms with Crippen LogP contribution in [0.2, 0.25) is 5.02 Å². The molecule has 32 heavy (non-hydrogen) atoms. The summed E-state index contributed by atoms with van der Waals surface area (Å²) in [6, 6.07) is 18.7. The highest BCUT2D eigenvalue weighted by atomic mass is 35.5. The third-order valence-electron chi connectivity index (χ3n) is 5.65. The Morgan fingerprint density at radius 3 is 2.50 bits per heavy atom. The maximum absolute atomic E-state index is 13.7. The predicted molar refractivity (Wildman–Crippen MR) is 123 cm³/mol. The molecule has 7 heteroatoms. The quantitative estimate of drug-likeness (QED) is 0.595. The Kier molecular flexibility index (Phi) is 6.06. The number of hydrogen-bond acceptors (Lipinski definition) is 5. The number of esters is 1. The van der Waals surface area contributed by atoms with Crippen molar-refractivity contribution in [1.29, 1.82) is 0 Å². The van der Waals surface area contributed by atoms with Gasteiger partial charge in [-0.1, -0.05) is 54.1 Å². The fourth-order valence-electron chi connectivity index (χ4n) is 4.05. The van der Waals surface area contributed by atoms with Gasteiger partial charge >= 0.3 is 5.97 Å². The van der Waals surface area contributed by atoms with Crippen LogP contribution in [0, 0.1) is 6.92 Å². The van der Waals surface area contributed by atoms with Gasteiger partial charge in [-0.05, 0) is 36.6 Å². The van der Waals surface area contributed by atoms with Crippen LogP contribution >= 0.6 is 11.6 Å². The van der Waals surface area contributed by atoms with Crippen LogP contribution in [0.4, 0.5) is 0 Å². The predicted octanol–water partition coefficient (Wildman–Crippen LogP) is 3.92. The van der Waals surface area contributed by atoms with Crippen molar-refractivity contribution in [3.63, 3.8) is 0 Å². The van der Waals surface area contributed by atoms with Crippen molar-refractivity contribution in [1.82, 2.24) is 4.57 Å². The molecule has 2 aromatic carbocycles. The summed E-state index contributed by atoms with van der Waals surface area (Å²) >= 11 is 6.06. The van der Waals surface area contributed by atoms with Crippen LogP contribution in [0.15, 0.2) is 76.9 Å². The molecule has 164 valence electrons. The second kappa shape index (κ2) is 8.93. The Morgan fingerprint density at radius 1 is 1.16 bits per heavy atom. The number of aromatic nitrogens is 1. The first-order valence-electron chi connectivity index (χ1n) is 10.2. The first-order chi connectivity index (χ1) is 15.4. The smallest absolute Gasteiger partial charge is 0.340 e. The largest absolute Gasteiger partial charge is 0.465 e. The average molecular weight is 451 g/mol. The highest BCUT2D eigenvalue weighted by Crippen LogP contribution is 2.41. The zero-order valence-corrected chi connectivity index (χ0v) is 18.6. The summed E-state index contributed by atoms with van der Waals surface area (Å²) in [5, 5.41) is 0.543. The number of carbonyl (C=O) groups is 1. The van der Waals surface area contributed by atoms with Gasteiger partial charge in [0.05, 0.1) is 18.6 Å². The number of benzene rings is 2. The zero-order chi connectivity index (χ0) is 22.8. The van der Waals surface area contributed by atoms with E-state index in [-0.39, 0.29) is 17.0 Å². The number of methoxy groups -OCH3 is 1. The van der Waals surface area contributed by atoms with E-state index in [1.54, 1.807) is 34.9 Å². The molecule has 0 aliphatic carbocycles. The first kappa shape index (κ1) is 21.7. The normalized spacial score (nSPS) is 15.2. The number of nitrogens with zero attached hydrogens (tertiary/aromatic N) is 1. The number of aryl methyl sites for hydroxylation is 2. The summed E-state index contributed by atoms with van der Waals surface area (Å²) in [6.07, 6.45) is 0.689. The fourth-order valence-corrected chi connectivity index (χ4v) is 4.17. The molecule has 2 heterocycles. The monoisotopic (exact) mass is 450 g/mol. The second-order valence-electron chi connectivity index (χ2n) is 7.61. The van der Waals surface area contributed by atoms with Crippen LogP contribution < -0.4 is 16.0 Å². The standard InChI is InChI=1S/C25H23ClN2O4/c1-15-14-19-21(24(29)28(15)13-12-16-6-4-3-5-7-16)20(17-8-10-18(26)11-9-17)22(23(27)32-19)25(30)31-2/h3-11,14,20H,12-13,27H2,1-2H3/t20-/m0/s1. The van der Waals surface area contributed by atoms with E-state index < -0.39 is 11.9 Å². The van der Waals surface area contributed by atoms with Gasteiger partial charge in [-0.15, -0.1) is 0 Å². The lowest BCUT2D eigenvalue weighted by atomic mass is 9.83. The van der Waals surface area contributed by atoms with Crippen molar-refractivity contribution < 1.29 is 14.3 Å². The Bertz CT molecular complexity index is 1250. The Labute approximate surface area is 190 Å². The van der Waals surface area contributed by atoms with Gasteiger partial charge in [0, 0.05) is 23.3 Å². The van der Waals surface area contributed by atoms with Crippen molar-refractivity contribution in [2.24, 2.45) is 5.73 Å². The molecule has 0 amide bonds. The zero-order valence-electron chi connectivity index (χ0n) is 17.8. The minimum atomic E-state index is -0.737. The second-order valence-corrected chi connectivity index (χ2v) is 8.05. The van der Waals surface area contributed by atoms with Crippen LogP contribution in [0.3, 0.4) is 0 Å². The number of ether oxygens (including phenoxy) is 2. The number of fused-ring (bicyclic) bond motifs is 1. The lowest BCUT2D eigenvalue weighted by Crippen LogP contribution is -2.35. The van der Waals surface area contributed by atoms with Crippen LogP contribution in [-0.4, -0.2) is 17.6 Å². The molecule has 1 atom stereocenters. The lowest BCUT2D eigenvalue weighted by Gasteiger charge is -2.29. The van der Waals surface area contributed by atoms with E-state index >= 15 is 0 Å². The molecule has 0 spiro atoms. The SMILES string of the molecule is COC(=O)C1=C(N)Oc2cc(C)n(CCc3ccccc3)c(=O)c2[C@@H]1c1ccc(Cl)cc1. The van der Waals surface area contributed by atoms with E-state index in [2.05, 4.69) is 0 Å². The van der Waals surface area contributed by atoms with Crippen LogP contribution in [-0.2, 0) is 22.5 Å². The number of rotatable bonds is 5. The molecule has 1 aliphatic heterocycles. The average Bonchev–Trinajstić information content (AvgIpc) is 2.79. The van der Waals surface area contributed by atoms with Crippen molar-refractivity contribution in [2.45, 2.75) is 25.8 Å². The van der Waals surface area contributed by atoms with Crippen LogP contribution in [0.25, 0.3) is 0 Å². The summed E-state index contributed by atoms with van der Waals surface area (Å²) in [6.45, 7) is 2.34. The van der Waals surface area contributed by atoms with Gasteiger partial charge < -0.3 is 19.8 Å². The van der Waals surface area contributed by atoms with Gasteiger partial charge in [-0.25, -0.2) is 4.79 Å². The molecule has 0 radical (unpaired) electrons. The van der Waals surface area contributed by atoms with Crippen LogP contribution in [0.1, 0.15) is 28.3 Å². The van der Waals surface area contributed by atoms with E-state index in [4.69, 9.17) is 26.8 Å². The summed E-state index contributed by atoms with van der Waals surface area (Å²) in [5.74, 6) is -1.12. The summed E-state index contributed by atoms with van der Waals surface area (Å²) in [7, 11) is 1.27. The molecule has 4 rings (SSSR count). The van der Waals surface area contributed by atoms with Crippen LogP contribution in [0.5, 0.6) is 5.75 Å². The molecule has 0 saturated carbocycles. The molecule has 6 nitrogen and oxygen atoms in total. The van der Waals surface area contributed by atoms with Gasteiger partial charge in [0.1, 0.15) is 11.3 Å². The number of halogens is 1. The molecule has 2 N–H and O–H groups in total. The van der Waals surface area contributed by atoms with E-state index in [9.17, 15) is 9.59 Å². The summed E-state index contributed by atoms with van der Waals surface area (Å²) < 4.78 is 12.4. The fraction of sp³-hybridized carbons (Fsp3) is 0.200. The highest BCUT2D eigenvalue weighted by molar-refractivity contribution is 6.30. The van der Waals surface area contributed by atoms with Gasteiger partial charge in [0.25, 0.3) is 5.56 Å². The highest BCUT2D eigenvalue weighted by Gasteiger charge is 2.38. The Balaban J connectivity index is 1.86. The third kappa shape index (κ3) is 4.01. The number of pyridine rings is 1. The Morgan fingerprint density at radius 2 is 1.84 bits per heavy atom. The topological polar surface area (TPSA) is 83.5 Å². The van der Waals surface area contributed by atoms with Crippen molar-refractivity contribution in [2.75, 3.05) is 7.11 Å². The molecule has 1 aliphatic rings. The maximum Gasteiger partial charge on any atom is 0.340 e. The molecular formula is C25H23ClN2O4. The van der Waals surface area contributed by atoms with Crippen molar-refractivity contribution >= 4 is 17.6 Å². The molecule has 0 saturated heterocycles. The minimum Gasteiger partial charge on any atom is -0.465 e. The lowest BCUT2D eigenvalue weighted by molar-refractivity contribution is -0.136. The number of carbonyl (C=O) groups excluding carboxylic acids is 1. The molecule has 0 fully saturated rings. The summed E-state index contributed by atoms with van der Waals surface area (Å²) in [4.78, 5) is 26.3. The molecule has 1 aromatic heterocycles. The molecule has 0 bridgehead atoms. The van der Waals surface area contributed by atoms with Gasteiger partial charge in [0.15, 0.2) is 0 Å². The van der Waals surface area contributed by atoms with Crippen molar-refractivity contribution in [3.8, 4) is 5.75 Å². The molecule has 3 aromatic rings. The van der Waals surface area contributed by atoms with Crippen molar-refractivity contribution in [3.05, 3.63) is 110 Å². The minimum absolute atomic E-state index is 0.0786. The third-order valence-corrected chi connectivity index (χ3v) is 5.90. The van der Waals surface area contributed by atoms with Gasteiger partial charge in [-0.2, -0.15) is 0 Å². The van der Waals surface area contributed by atoms with E-state index in [1.165, 1.54) is 7.11 Å². The van der Waals surface area contributed by atoms with E-state index in [0.717, 1.165) is 11.3 Å². The Hall–Kier alpha value is -3.51. The van der Waals surface area contributed by atoms with E-state index in [0.29, 0.717) is 34.9 Å². The molecular weight excluding hydrogens is 428 g/mol. The number of hydrogen-bond donors (Lipinski definition) is 1. The first-order valence-corrected chi connectivity index (χ1v) is 10.6. The van der Waals surface area contributed by atoms with Gasteiger partial charge in [-0.3, -0.25) is 4.79 Å².